The molecule has 0 spiro atoms. The van der Waals surface area contributed by atoms with Gasteiger partial charge in [-0.05, 0) is 31.7 Å². The van der Waals surface area contributed by atoms with Gasteiger partial charge in [-0.15, -0.1) is 0 Å². The first-order valence-corrected chi connectivity index (χ1v) is 12.0. The SMILES string of the molecule is C[C@@]1(C(=O)N2CCC(c3ccccc3)C2)[C@@H](C(=O)NO)C[C@H](OC(=O)N2CCCC2)CN1C(=O)O. The lowest BCUT2D eigenvalue weighted by Gasteiger charge is -2.49. The van der Waals surface area contributed by atoms with Gasteiger partial charge in [-0.25, -0.2) is 15.1 Å². The van der Waals surface area contributed by atoms with Crippen LogP contribution in [0.15, 0.2) is 30.3 Å². The summed E-state index contributed by atoms with van der Waals surface area (Å²) in [4.78, 5) is 55.4. The van der Waals surface area contributed by atoms with Crippen molar-refractivity contribution >= 4 is 24.0 Å². The number of carbonyl (C=O) groups is 4. The van der Waals surface area contributed by atoms with E-state index < -0.39 is 41.6 Å². The molecule has 4 rings (SSSR count). The molecule has 1 aromatic rings. The molecule has 3 saturated heterocycles. The summed E-state index contributed by atoms with van der Waals surface area (Å²) < 4.78 is 5.55. The first-order chi connectivity index (χ1) is 16.8. The number of amides is 4. The summed E-state index contributed by atoms with van der Waals surface area (Å²) in [6.07, 6.45) is -0.553. The van der Waals surface area contributed by atoms with Gasteiger partial charge in [0.2, 0.25) is 11.8 Å². The Morgan fingerprint density at radius 2 is 1.71 bits per heavy atom. The maximum Gasteiger partial charge on any atom is 0.410 e. The fraction of sp³-hybridized carbons (Fsp3) is 0.583. The van der Waals surface area contributed by atoms with E-state index in [1.807, 2.05) is 30.3 Å². The van der Waals surface area contributed by atoms with Crippen molar-refractivity contribution in [3.8, 4) is 0 Å². The molecule has 3 heterocycles. The van der Waals surface area contributed by atoms with Crippen molar-refractivity contribution in [1.29, 1.82) is 0 Å². The number of carbonyl (C=O) groups excluding carboxylic acids is 3. The maximum absolute atomic E-state index is 13.8. The lowest BCUT2D eigenvalue weighted by atomic mass is 9.75. The van der Waals surface area contributed by atoms with Gasteiger partial charge in [0, 0.05) is 38.5 Å². The number of nitrogens with zero attached hydrogens (tertiary/aromatic N) is 3. The van der Waals surface area contributed by atoms with Crippen LogP contribution in [0.2, 0.25) is 0 Å². The highest BCUT2D eigenvalue weighted by atomic mass is 16.6. The van der Waals surface area contributed by atoms with Gasteiger partial charge in [-0.2, -0.15) is 0 Å². The van der Waals surface area contributed by atoms with E-state index in [2.05, 4.69) is 0 Å². The molecule has 3 aliphatic heterocycles. The van der Waals surface area contributed by atoms with Crippen molar-refractivity contribution in [1.82, 2.24) is 20.2 Å². The Morgan fingerprint density at radius 3 is 2.34 bits per heavy atom. The molecular weight excluding hydrogens is 456 g/mol. The standard InChI is InChI=1S/C24H32N4O7/c1-24(21(30)27-12-9-17(14-27)16-7-3-2-4-8-16)19(20(29)25-34)13-18(15-28(24)22(31)32)35-23(33)26-10-5-6-11-26/h2-4,7-8,17-19,34H,5-6,9-15H2,1H3,(H,25,29)(H,31,32)/t17?,18-,19+,24-/m0/s1. The lowest BCUT2D eigenvalue weighted by Crippen LogP contribution is -2.70. The van der Waals surface area contributed by atoms with E-state index >= 15 is 0 Å². The summed E-state index contributed by atoms with van der Waals surface area (Å²) in [6, 6.07) is 9.76. The van der Waals surface area contributed by atoms with Gasteiger partial charge in [0.05, 0.1) is 12.5 Å². The summed E-state index contributed by atoms with van der Waals surface area (Å²) in [7, 11) is 0. The van der Waals surface area contributed by atoms with E-state index in [0.717, 1.165) is 23.3 Å². The minimum Gasteiger partial charge on any atom is -0.465 e. The fourth-order valence-electron chi connectivity index (χ4n) is 5.59. The molecule has 1 unspecified atom stereocenters. The van der Waals surface area contributed by atoms with Crippen LogP contribution >= 0.6 is 0 Å². The van der Waals surface area contributed by atoms with Crippen LogP contribution in [-0.4, -0.2) is 93.4 Å². The molecule has 0 radical (unpaired) electrons. The quantitative estimate of drug-likeness (QED) is 0.434. The smallest absolute Gasteiger partial charge is 0.410 e. The topological polar surface area (TPSA) is 140 Å². The third-order valence-electron chi connectivity index (χ3n) is 7.59. The second-order valence-corrected chi connectivity index (χ2v) is 9.65. The number of hydroxylamine groups is 1. The van der Waals surface area contributed by atoms with E-state index in [4.69, 9.17) is 4.74 Å². The van der Waals surface area contributed by atoms with Crippen molar-refractivity contribution in [2.24, 2.45) is 5.92 Å². The molecule has 0 bridgehead atoms. The average Bonchev–Trinajstić information content (AvgIpc) is 3.57. The highest BCUT2D eigenvalue weighted by Crippen LogP contribution is 2.39. The van der Waals surface area contributed by atoms with E-state index in [1.165, 1.54) is 6.92 Å². The zero-order valence-electron chi connectivity index (χ0n) is 19.8. The highest BCUT2D eigenvalue weighted by Gasteiger charge is 2.58. The number of nitrogens with one attached hydrogen (secondary N) is 1. The van der Waals surface area contributed by atoms with Crippen LogP contribution in [0.4, 0.5) is 9.59 Å². The molecule has 4 atom stereocenters. The van der Waals surface area contributed by atoms with Crippen LogP contribution in [0.5, 0.6) is 0 Å². The lowest BCUT2D eigenvalue weighted by molar-refractivity contribution is -0.161. The van der Waals surface area contributed by atoms with E-state index in [0.29, 0.717) is 32.6 Å². The van der Waals surface area contributed by atoms with Crippen LogP contribution in [-0.2, 0) is 14.3 Å². The van der Waals surface area contributed by atoms with E-state index in [-0.39, 0.29) is 18.9 Å². The Hall–Kier alpha value is -3.34. The van der Waals surface area contributed by atoms with Crippen molar-refractivity contribution < 1.29 is 34.2 Å². The number of benzene rings is 1. The number of rotatable bonds is 4. The summed E-state index contributed by atoms with van der Waals surface area (Å²) in [5.74, 6) is -2.55. The van der Waals surface area contributed by atoms with Crippen molar-refractivity contribution in [2.45, 2.75) is 50.2 Å². The van der Waals surface area contributed by atoms with Crippen LogP contribution < -0.4 is 5.48 Å². The van der Waals surface area contributed by atoms with Crippen LogP contribution in [0.25, 0.3) is 0 Å². The van der Waals surface area contributed by atoms with E-state index in [1.54, 1.807) is 15.3 Å². The first kappa shape index (κ1) is 24.8. The number of hydrogen-bond acceptors (Lipinski definition) is 6. The summed E-state index contributed by atoms with van der Waals surface area (Å²) in [5.41, 5.74) is 0.889. The number of carboxylic acid groups (broad SMARTS) is 1. The van der Waals surface area contributed by atoms with Crippen molar-refractivity contribution in [3.63, 3.8) is 0 Å². The molecule has 0 aromatic heterocycles. The van der Waals surface area contributed by atoms with Gasteiger partial charge in [0.1, 0.15) is 11.6 Å². The Labute approximate surface area is 203 Å². The van der Waals surface area contributed by atoms with Gasteiger partial charge in [0.25, 0.3) is 0 Å². The monoisotopic (exact) mass is 488 g/mol. The third kappa shape index (κ3) is 4.77. The van der Waals surface area contributed by atoms with Gasteiger partial charge >= 0.3 is 12.2 Å². The Morgan fingerprint density at radius 1 is 1.03 bits per heavy atom. The molecule has 11 heteroatoms. The van der Waals surface area contributed by atoms with Crippen LogP contribution in [0.1, 0.15) is 44.1 Å². The molecule has 35 heavy (non-hydrogen) atoms. The van der Waals surface area contributed by atoms with E-state index in [9.17, 15) is 29.5 Å². The Kier molecular flexibility index (Phi) is 7.15. The fourth-order valence-corrected chi connectivity index (χ4v) is 5.59. The normalized spacial score (nSPS) is 28.6. The average molecular weight is 489 g/mol. The molecule has 190 valence electrons. The number of piperidine rings is 1. The number of hydrogen-bond donors (Lipinski definition) is 3. The Bertz CT molecular complexity index is 968. The molecule has 4 amide bonds. The van der Waals surface area contributed by atoms with Gasteiger partial charge in [-0.1, -0.05) is 30.3 Å². The molecule has 1 aromatic carbocycles. The summed E-state index contributed by atoms with van der Waals surface area (Å²) >= 11 is 0. The number of ether oxygens (including phenoxy) is 1. The Balaban J connectivity index is 1.57. The molecule has 0 aliphatic carbocycles. The molecule has 11 nitrogen and oxygen atoms in total. The largest absolute Gasteiger partial charge is 0.465 e. The first-order valence-electron chi connectivity index (χ1n) is 12.0. The van der Waals surface area contributed by atoms with Crippen molar-refractivity contribution in [3.05, 3.63) is 35.9 Å². The van der Waals surface area contributed by atoms with Gasteiger partial charge in [-0.3, -0.25) is 19.7 Å². The van der Waals surface area contributed by atoms with Crippen LogP contribution in [0.3, 0.4) is 0 Å². The second kappa shape index (κ2) is 10.1. The number of likely N-dealkylation sites (tertiary alicyclic amines) is 3. The zero-order chi connectivity index (χ0) is 25.2. The van der Waals surface area contributed by atoms with Gasteiger partial charge in [0.15, 0.2) is 0 Å². The molecule has 3 N–H and O–H groups in total. The minimum atomic E-state index is -1.78. The predicted octanol–water partition coefficient (Wildman–Crippen LogP) is 1.87. The second-order valence-electron chi connectivity index (χ2n) is 9.65. The molecule has 0 saturated carbocycles. The van der Waals surface area contributed by atoms with Crippen molar-refractivity contribution in [2.75, 3.05) is 32.7 Å². The maximum atomic E-state index is 13.8. The highest BCUT2D eigenvalue weighted by molar-refractivity contribution is 5.96. The zero-order valence-corrected chi connectivity index (χ0v) is 19.8. The molecule has 3 fully saturated rings. The summed E-state index contributed by atoms with van der Waals surface area (Å²) in [5, 5.41) is 19.5. The third-order valence-corrected chi connectivity index (χ3v) is 7.59. The molecular formula is C24H32N4O7. The predicted molar refractivity (Wildman–Crippen MR) is 123 cm³/mol. The van der Waals surface area contributed by atoms with Gasteiger partial charge < -0.3 is 19.6 Å². The molecule has 3 aliphatic rings. The summed E-state index contributed by atoms with van der Waals surface area (Å²) in [6.45, 7) is 3.10. The van der Waals surface area contributed by atoms with Crippen LogP contribution in [0, 0.1) is 5.92 Å². The minimum absolute atomic E-state index is 0.0893.